The van der Waals surface area contributed by atoms with Gasteiger partial charge in [-0.25, -0.2) is 0 Å². The van der Waals surface area contributed by atoms with E-state index < -0.39 is 0 Å². The number of hydrogen-bond donors (Lipinski definition) is 3. The van der Waals surface area contributed by atoms with Crippen molar-refractivity contribution in [3.05, 3.63) is 18.2 Å². The third-order valence-corrected chi connectivity index (χ3v) is 2.89. The van der Waals surface area contributed by atoms with E-state index in [0.29, 0.717) is 16.8 Å². The summed E-state index contributed by atoms with van der Waals surface area (Å²) >= 11 is 5.02. The minimum atomic E-state index is -0.193. The first kappa shape index (κ1) is 15.9. The second kappa shape index (κ2) is 6.52. The van der Waals surface area contributed by atoms with Gasteiger partial charge in [-0.15, -0.1) is 0 Å². The van der Waals surface area contributed by atoms with Crippen LogP contribution in [0.1, 0.15) is 20.8 Å². The molecule has 0 atom stereocenters. The second-order valence-corrected chi connectivity index (χ2v) is 5.39. The first-order valence-electron chi connectivity index (χ1n) is 6.65. The Balaban J connectivity index is 2.11. The Bertz CT molecular complexity index is 739. The number of anilines is 2. The van der Waals surface area contributed by atoms with Crippen LogP contribution in [0.3, 0.4) is 0 Å². The summed E-state index contributed by atoms with van der Waals surface area (Å²) < 4.78 is 5.49. The smallest absolute Gasteiger partial charge is 0.302 e. The molecule has 0 aliphatic rings. The number of nitrogens with one attached hydrogen (secondary N) is 3. The Morgan fingerprint density at radius 3 is 2.64 bits per heavy atom. The summed E-state index contributed by atoms with van der Waals surface area (Å²) in [4.78, 5) is 26.8. The first-order valence-corrected chi connectivity index (χ1v) is 7.06. The van der Waals surface area contributed by atoms with Crippen LogP contribution in [0, 0.1) is 5.92 Å². The molecule has 116 valence electrons. The number of fused-ring (bicyclic) bond motifs is 1. The zero-order valence-corrected chi connectivity index (χ0v) is 13.2. The van der Waals surface area contributed by atoms with Crippen molar-refractivity contribution in [2.45, 2.75) is 20.8 Å². The SMILES string of the molecule is CC(=O)Nc1ccc2nc(NC(=S)NC(=O)C(C)C)oc2c1. The Morgan fingerprint density at radius 1 is 1.27 bits per heavy atom. The molecule has 2 rings (SSSR count). The molecular formula is C14H16N4O3S. The number of aromatic nitrogens is 1. The van der Waals surface area contributed by atoms with Gasteiger partial charge in [0.15, 0.2) is 10.7 Å². The summed E-state index contributed by atoms with van der Waals surface area (Å²) in [5.74, 6) is -0.542. The lowest BCUT2D eigenvalue weighted by molar-refractivity contribution is -0.122. The highest BCUT2D eigenvalue weighted by Gasteiger charge is 2.12. The van der Waals surface area contributed by atoms with Gasteiger partial charge in [-0.05, 0) is 24.4 Å². The van der Waals surface area contributed by atoms with Gasteiger partial charge in [0.05, 0.1) is 0 Å². The van der Waals surface area contributed by atoms with Gasteiger partial charge >= 0.3 is 6.01 Å². The maximum absolute atomic E-state index is 11.5. The molecule has 0 saturated heterocycles. The van der Waals surface area contributed by atoms with Gasteiger partial charge in [0.2, 0.25) is 11.8 Å². The van der Waals surface area contributed by atoms with E-state index >= 15 is 0 Å². The molecule has 0 unspecified atom stereocenters. The first-order chi connectivity index (χ1) is 10.3. The molecule has 7 nitrogen and oxygen atoms in total. The number of thiocarbonyl (C=S) groups is 1. The van der Waals surface area contributed by atoms with Gasteiger partial charge in [-0.3, -0.25) is 14.9 Å². The van der Waals surface area contributed by atoms with Crippen molar-refractivity contribution in [1.82, 2.24) is 10.3 Å². The molecule has 1 aromatic carbocycles. The van der Waals surface area contributed by atoms with Crippen molar-refractivity contribution in [1.29, 1.82) is 0 Å². The number of hydrogen-bond acceptors (Lipinski definition) is 5. The van der Waals surface area contributed by atoms with Gasteiger partial charge < -0.3 is 15.1 Å². The Labute approximate surface area is 132 Å². The highest BCUT2D eigenvalue weighted by molar-refractivity contribution is 7.80. The van der Waals surface area contributed by atoms with Crippen LogP contribution in [0.4, 0.5) is 11.7 Å². The zero-order chi connectivity index (χ0) is 16.3. The number of oxazole rings is 1. The molecule has 2 amide bonds. The van der Waals surface area contributed by atoms with E-state index in [1.807, 2.05) is 0 Å². The zero-order valence-electron chi connectivity index (χ0n) is 12.4. The van der Waals surface area contributed by atoms with E-state index in [0.717, 1.165) is 0 Å². The van der Waals surface area contributed by atoms with Crippen LogP contribution in [0.25, 0.3) is 11.1 Å². The maximum atomic E-state index is 11.5. The summed E-state index contributed by atoms with van der Waals surface area (Å²) in [5.41, 5.74) is 1.71. The number of rotatable bonds is 3. The standard InChI is InChI=1S/C14H16N4O3S/c1-7(2)12(20)17-14(22)18-13-16-10-5-4-9(15-8(3)19)6-11(10)21-13/h4-7H,1-3H3,(H,15,19)(H2,16,17,18,20,22). The van der Waals surface area contributed by atoms with Crippen LogP contribution in [0.15, 0.2) is 22.6 Å². The number of benzene rings is 1. The molecule has 3 N–H and O–H groups in total. The van der Waals surface area contributed by atoms with E-state index in [1.54, 1.807) is 32.0 Å². The lowest BCUT2D eigenvalue weighted by Crippen LogP contribution is -2.36. The highest BCUT2D eigenvalue weighted by atomic mass is 32.1. The third kappa shape index (κ3) is 4.01. The summed E-state index contributed by atoms with van der Waals surface area (Å²) in [5, 5.41) is 8.02. The fraction of sp³-hybridized carbons (Fsp3) is 0.286. The van der Waals surface area contributed by atoms with Crippen LogP contribution in [-0.2, 0) is 9.59 Å². The molecule has 0 saturated carbocycles. The molecule has 0 aliphatic carbocycles. The number of nitrogens with zero attached hydrogens (tertiary/aromatic N) is 1. The van der Waals surface area contributed by atoms with Crippen molar-refractivity contribution in [2.75, 3.05) is 10.6 Å². The average Bonchev–Trinajstić information content (AvgIpc) is 2.78. The molecule has 8 heteroatoms. The largest absolute Gasteiger partial charge is 0.423 e. The molecule has 0 fully saturated rings. The van der Waals surface area contributed by atoms with Crippen LogP contribution in [-0.4, -0.2) is 21.9 Å². The van der Waals surface area contributed by atoms with Crippen molar-refractivity contribution in [2.24, 2.45) is 5.92 Å². The van der Waals surface area contributed by atoms with Crippen molar-refractivity contribution >= 4 is 51.9 Å². The third-order valence-electron chi connectivity index (χ3n) is 2.69. The minimum absolute atomic E-state index is 0.118. The van der Waals surface area contributed by atoms with Crippen molar-refractivity contribution in [3.63, 3.8) is 0 Å². The van der Waals surface area contributed by atoms with E-state index in [-0.39, 0.29) is 28.9 Å². The Hall–Kier alpha value is -2.48. The lowest BCUT2D eigenvalue weighted by atomic mass is 10.2. The second-order valence-electron chi connectivity index (χ2n) is 4.98. The average molecular weight is 320 g/mol. The van der Waals surface area contributed by atoms with Gasteiger partial charge in [0.1, 0.15) is 5.52 Å². The van der Waals surface area contributed by atoms with Crippen molar-refractivity contribution < 1.29 is 14.0 Å². The molecule has 0 bridgehead atoms. The number of amides is 2. The van der Waals surface area contributed by atoms with Crippen LogP contribution in [0.5, 0.6) is 0 Å². The minimum Gasteiger partial charge on any atom is -0.423 e. The molecule has 0 aliphatic heterocycles. The van der Waals surface area contributed by atoms with Gasteiger partial charge in [0, 0.05) is 24.6 Å². The van der Waals surface area contributed by atoms with E-state index in [4.69, 9.17) is 16.6 Å². The molecule has 0 spiro atoms. The summed E-state index contributed by atoms with van der Waals surface area (Å²) in [6.45, 7) is 4.95. The fourth-order valence-electron chi connectivity index (χ4n) is 1.64. The Kier molecular flexibility index (Phi) is 4.71. The summed E-state index contributed by atoms with van der Waals surface area (Å²) in [6.07, 6.45) is 0. The maximum Gasteiger partial charge on any atom is 0.302 e. The quantitative estimate of drug-likeness (QED) is 0.751. The summed E-state index contributed by atoms with van der Waals surface area (Å²) in [6, 6.07) is 5.26. The lowest BCUT2D eigenvalue weighted by Gasteiger charge is -2.08. The monoisotopic (exact) mass is 320 g/mol. The van der Waals surface area contributed by atoms with E-state index in [1.165, 1.54) is 6.92 Å². The normalized spacial score (nSPS) is 10.5. The predicted molar refractivity (Wildman–Crippen MR) is 87.5 cm³/mol. The van der Waals surface area contributed by atoms with Crippen LogP contribution >= 0.6 is 12.2 Å². The van der Waals surface area contributed by atoms with Crippen LogP contribution in [0.2, 0.25) is 0 Å². The molecule has 1 heterocycles. The molecule has 22 heavy (non-hydrogen) atoms. The molecular weight excluding hydrogens is 304 g/mol. The summed E-state index contributed by atoms with van der Waals surface area (Å²) in [7, 11) is 0. The fourth-order valence-corrected chi connectivity index (χ4v) is 1.83. The topological polar surface area (TPSA) is 96.3 Å². The predicted octanol–water partition coefficient (Wildman–Crippen LogP) is 2.26. The van der Waals surface area contributed by atoms with E-state index in [9.17, 15) is 9.59 Å². The molecule has 0 radical (unpaired) electrons. The van der Waals surface area contributed by atoms with Crippen LogP contribution < -0.4 is 16.0 Å². The molecule has 2 aromatic rings. The van der Waals surface area contributed by atoms with Crippen molar-refractivity contribution in [3.8, 4) is 0 Å². The highest BCUT2D eigenvalue weighted by Crippen LogP contribution is 2.22. The van der Waals surface area contributed by atoms with Gasteiger partial charge in [0.25, 0.3) is 0 Å². The Morgan fingerprint density at radius 2 is 2.00 bits per heavy atom. The number of carbonyl (C=O) groups is 2. The molecule has 1 aromatic heterocycles. The van der Waals surface area contributed by atoms with E-state index in [2.05, 4.69) is 20.9 Å². The number of carbonyl (C=O) groups excluding carboxylic acids is 2. The van der Waals surface area contributed by atoms with Gasteiger partial charge in [-0.2, -0.15) is 4.98 Å². The van der Waals surface area contributed by atoms with Gasteiger partial charge in [-0.1, -0.05) is 13.8 Å².